The molecule has 0 unspecified atom stereocenters. The normalized spacial score (nSPS) is 13.3. The van der Waals surface area contributed by atoms with Crippen molar-refractivity contribution in [3.05, 3.63) is 0 Å². The van der Waals surface area contributed by atoms with Crippen LogP contribution in [-0.2, 0) is 19.2 Å². The Morgan fingerprint density at radius 2 is 1.94 bits per heavy atom. The predicted molar refractivity (Wildman–Crippen MR) is 63.3 cm³/mol. The van der Waals surface area contributed by atoms with Crippen LogP contribution in [0.25, 0.3) is 0 Å². The third-order valence-electron chi connectivity index (χ3n) is 1.79. The number of rotatable bonds is 7. The Morgan fingerprint density at radius 3 is 2.29 bits per heavy atom. The van der Waals surface area contributed by atoms with Gasteiger partial charge in [-0.15, -0.1) is 0 Å². The van der Waals surface area contributed by atoms with E-state index in [4.69, 9.17) is 5.73 Å². The molecule has 0 bridgehead atoms. The van der Waals surface area contributed by atoms with Crippen molar-refractivity contribution in [2.24, 2.45) is 5.73 Å². The van der Waals surface area contributed by atoms with Crippen LogP contribution in [0.2, 0.25) is 0 Å². The molecule has 96 valence electrons. The van der Waals surface area contributed by atoms with E-state index < -0.39 is 29.8 Å². The molecule has 8 heteroatoms. The molecule has 0 spiro atoms. The first-order valence-corrected chi connectivity index (χ1v) is 5.45. The maximum atomic E-state index is 11.6. The number of nitrogens with one attached hydrogen (secondary N) is 2. The van der Waals surface area contributed by atoms with Crippen LogP contribution in [0.15, 0.2) is 0 Å². The van der Waals surface area contributed by atoms with Gasteiger partial charge >= 0.3 is 0 Å². The van der Waals surface area contributed by atoms with Crippen molar-refractivity contribution in [1.82, 2.24) is 10.6 Å². The highest BCUT2D eigenvalue weighted by molar-refractivity contribution is 7.80. The lowest BCUT2D eigenvalue weighted by Crippen LogP contribution is -2.51. The smallest absolute Gasteiger partial charge is 0.244 e. The zero-order valence-corrected chi connectivity index (χ0v) is 10.2. The third-order valence-corrected chi connectivity index (χ3v) is 2.15. The molecule has 2 atom stereocenters. The van der Waals surface area contributed by atoms with E-state index in [0.29, 0.717) is 6.29 Å². The van der Waals surface area contributed by atoms with Crippen molar-refractivity contribution in [2.45, 2.75) is 25.4 Å². The van der Waals surface area contributed by atoms with Gasteiger partial charge in [-0.2, -0.15) is 12.6 Å². The van der Waals surface area contributed by atoms with Crippen LogP contribution in [-0.4, -0.2) is 41.8 Å². The Balaban J connectivity index is 4.41. The van der Waals surface area contributed by atoms with Gasteiger partial charge in [0.25, 0.3) is 0 Å². The average molecular weight is 261 g/mol. The Labute approximate surface area is 104 Å². The standard InChI is InChI=1S/C9H15N3O4S/c1-5(14)11-7(4-17)9(16)12-6(3-13)2-8(10)15/h3,6-7,17H,2,4H2,1H3,(H2,10,15)(H,11,14)(H,12,16)/t6-,7-/m0/s1. The van der Waals surface area contributed by atoms with Gasteiger partial charge in [-0.1, -0.05) is 0 Å². The van der Waals surface area contributed by atoms with Gasteiger partial charge in [0.2, 0.25) is 17.7 Å². The summed E-state index contributed by atoms with van der Waals surface area (Å²) in [4.78, 5) is 43.5. The maximum Gasteiger partial charge on any atom is 0.244 e. The molecule has 4 N–H and O–H groups in total. The summed E-state index contributed by atoms with van der Waals surface area (Å²) in [5.74, 6) is -1.61. The molecule has 0 aliphatic rings. The second-order valence-corrected chi connectivity index (χ2v) is 3.72. The monoisotopic (exact) mass is 261 g/mol. The summed E-state index contributed by atoms with van der Waals surface area (Å²) < 4.78 is 0. The van der Waals surface area contributed by atoms with Crippen LogP contribution in [0.5, 0.6) is 0 Å². The topological polar surface area (TPSA) is 118 Å². The number of primary amides is 1. The van der Waals surface area contributed by atoms with E-state index in [0.717, 1.165) is 0 Å². The summed E-state index contributed by atoms with van der Waals surface area (Å²) in [5, 5.41) is 4.64. The number of hydrogen-bond donors (Lipinski definition) is 4. The lowest BCUT2D eigenvalue weighted by atomic mass is 10.2. The van der Waals surface area contributed by atoms with E-state index in [2.05, 4.69) is 23.3 Å². The van der Waals surface area contributed by atoms with Gasteiger partial charge in [-0.3, -0.25) is 14.4 Å². The van der Waals surface area contributed by atoms with Crippen LogP contribution in [0, 0.1) is 0 Å². The van der Waals surface area contributed by atoms with Crippen molar-refractivity contribution in [1.29, 1.82) is 0 Å². The molecule has 0 aromatic heterocycles. The van der Waals surface area contributed by atoms with Gasteiger partial charge in [0.15, 0.2) is 0 Å². The summed E-state index contributed by atoms with van der Waals surface area (Å²) >= 11 is 3.90. The molecular weight excluding hydrogens is 246 g/mol. The van der Waals surface area contributed by atoms with Gasteiger partial charge in [-0.25, -0.2) is 0 Å². The van der Waals surface area contributed by atoms with Gasteiger partial charge in [-0.05, 0) is 0 Å². The zero-order chi connectivity index (χ0) is 13.4. The third kappa shape index (κ3) is 6.56. The molecule has 17 heavy (non-hydrogen) atoms. The molecule has 0 fully saturated rings. The fourth-order valence-corrected chi connectivity index (χ4v) is 1.33. The molecule has 0 aliphatic heterocycles. The fraction of sp³-hybridized carbons (Fsp3) is 0.556. The highest BCUT2D eigenvalue weighted by atomic mass is 32.1. The van der Waals surface area contributed by atoms with Gasteiger partial charge in [0.1, 0.15) is 12.3 Å². The molecule has 3 amide bonds. The van der Waals surface area contributed by atoms with E-state index in [-0.39, 0.29) is 12.2 Å². The minimum Gasteiger partial charge on any atom is -0.370 e. The molecule has 0 aromatic rings. The number of aldehydes is 1. The number of thiol groups is 1. The molecule has 0 aliphatic carbocycles. The van der Waals surface area contributed by atoms with E-state index >= 15 is 0 Å². The first-order valence-electron chi connectivity index (χ1n) is 4.82. The SMILES string of the molecule is CC(=O)N[C@@H](CS)C(=O)N[C@H](C=O)CC(N)=O. The van der Waals surface area contributed by atoms with Gasteiger partial charge < -0.3 is 21.2 Å². The van der Waals surface area contributed by atoms with Crippen LogP contribution in [0.3, 0.4) is 0 Å². The van der Waals surface area contributed by atoms with E-state index in [9.17, 15) is 19.2 Å². The second-order valence-electron chi connectivity index (χ2n) is 3.36. The summed E-state index contributed by atoms with van der Waals surface area (Å²) in [5.41, 5.74) is 4.90. The summed E-state index contributed by atoms with van der Waals surface area (Å²) in [6.45, 7) is 1.25. The van der Waals surface area contributed by atoms with Crippen molar-refractivity contribution in [2.75, 3.05) is 5.75 Å². The number of carbonyl (C=O) groups excluding carboxylic acids is 4. The number of nitrogens with two attached hydrogens (primary N) is 1. The Bertz CT molecular complexity index is 321. The van der Waals surface area contributed by atoms with Crippen LogP contribution >= 0.6 is 12.6 Å². The second kappa shape index (κ2) is 7.66. The van der Waals surface area contributed by atoms with Crippen molar-refractivity contribution < 1.29 is 19.2 Å². The molecule has 0 radical (unpaired) electrons. The lowest BCUT2D eigenvalue weighted by Gasteiger charge is -2.17. The predicted octanol–water partition coefficient (Wildman–Crippen LogP) is -2.02. The Hall–Kier alpha value is -1.57. The van der Waals surface area contributed by atoms with E-state index in [1.807, 2.05) is 0 Å². The summed E-state index contributed by atoms with van der Waals surface area (Å²) in [6.07, 6.45) is 0.126. The van der Waals surface area contributed by atoms with Crippen molar-refractivity contribution in [3.8, 4) is 0 Å². The minimum absolute atomic E-state index is 0.0769. The minimum atomic E-state index is -0.990. The highest BCUT2D eigenvalue weighted by Gasteiger charge is 2.21. The number of carbonyl (C=O) groups is 4. The summed E-state index contributed by atoms with van der Waals surface area (Å²) in [6, 6.07) is -1.85. The molecular formula is C9H15N3O4S. The molecule has 0 rings (SSSR count). The highest BCUT2D eigenvalue weighted by Crippen LogP contribution is 1.93. The van der Waals surface area contributed by atoms with Gasteiger partial charge in [0, 0.05) is 12.7 Å². The Kier molecular flexibility index (Phi) is 6.95. The summed E-state index contributed by atoms with van der Waals surface area (Å²) in [7, 11) is 0. The molecule has 7 nitrogen and oxygen atoms in total. The average Bonchev–Trinajstić information content (AvgIpc) is 2.23. The largest absolute Gasteiger partial charge is 0.370 e. The first kappa shape index (κ1) is 15.4. The quantitative estimate of drug-likeness (QED) is 0.312. The number of hydrogen-bond acceptors (Lipinski definition) is 5. The fourth-order valence-electron chi connectivity index (χ4n) is 1.07. The van der Waals surface area contributed by atoms with Crippen LogP contribution < -0.4 is 16.4 Å². The Morgan fingerprint density at radius 1 is 1.35 bits per heavy atom. The number of amides is 3. The molecule has 0 heterocycles. The molecule has 0 saturated heterocycles. The lowest BCUT2D eigenvalue weighted by molar-refractivity contribution is -0.129. The molecule has 0 saturated carbocycles. The van der Waals surface area contributed by atoms with Crippen molar-refractivity contribution in [3.63, 3.8) is 0 Å². The van der Waals surface area contributed by atoms with Crippen molar-refractivity contribution >= 4 is 36.6 Å². The maximum absolute atomic E-state index is 11.6. The van der Waals surface area contributed by atoms with Crippen LogP contribution in [0.1, 0.15) is 13.3 Å². The van der Waals surface area contributed by atoms with Gasteiger partial charge in [0.05, 0.1) is 12.5 Å². The first-order chi connectivity index (χ1) is 7.90. The van der Waals surface area contributed by atoms with Crippen LogP contribution in [0.4, 0.5) is 0 Å². The molecule has 0 aromatic carbocycles. The van der Waals surface area contributed by atoms with E-state index in [1.165, 1.54) is 6.92 Å². The van der Waals surface area contributed by atoms with E-state index in [1.54, 1.807) is 0 Å². The zero-order valence-electron chi connectivity index (χ0n) is 9.30.